The zero-order chi connectivity index (χ0) is 15.6. The SMILES string of the molecule is Cc1ccc(C(=O)N(C)C2CCCCC2Br)cc1[N+](=O)[O-]. The number of nitro groups is 1. The Morgan fingerprint density at radius 2 is 2.05 bits per heavy atom. The van der Waals surface area contributed by atoms with E-state index in [1.807, 2.05) is 0 Å². The van der Waals surface area contributed by atoms with E-state index in [1.165, 1.54) is 12.5 Å². The molecular weight excluding hydrogens is 336 g/mol. The van der Waals surface area contributed by atoms with Gasteiger partial charge in [-0.05, 0) is 25.8 Å². The second kappa shape index (κ2) is 6.56. The molecule has 0 N–H and O–H groups in total. The van der Waals surface area contributed by atoms with Crippen LogP contribution in [0.25, 0.3) is 0 Å². The molecule has 1 fully saturated rings. The number of nitro benzene ring substituents is 1. The summed E-state index contributed by atoms with van der Waals surface area (Å²) >= 11 is 3.64. The number of alkyl halides is 1. The van der Waals surface area contributed by atoms with Gasteiger partial charge in [-0.25, -0.2) is 0 Å². The van der Waals surface area contributed by atoms with Crippen LogP contribution in [0.2, 0.25) is 0 Å². The number of carbonyl (C=O) groups is 1. The summed E-state index contributed by atoms with van der Waals surface area (Å²) < 4.78 is 0. The van der Waals surface area contributed by atoms with Crippen LogP contribution in [0.4, 0.5) is 5.69 Å². The van der Waals surface area contributed by atoms with E-state index in [1.54, 1.807) is 31.0 Å². The highest BCUT2D eigenvalue weighted by Crippen LogP contribution is 2.29. The number of nitrogens with zero attached hydrogens (tertiary/aromatic N) is 2. The van der Waals surface area contributed by atoms with Crippen molar-refractivity contribution in [1.82, 2.24) is 4.90 Å². The van der Waals surface area contributed by atoms with Crippen LogP contribution in [0.1, 0.15) is 41.6 Å². The largest absolute Gasteiger partial charge is 0.338 e. The molecule has 0 saturated heterocycles. The number of rotatable bonds is 3. The van der Waals surface area contributed by atoms with Crippen molar-refractivity contribution >= 4 is 27.5 Å². The smallest absolute Gasteiger partial charge is 0.273 e. The Hall–Kier alpha value is -1.43. The summed E-state index contributed by atoms with van der Waals surface area (Å²) in [6.45, 7) is 1.67. The van der Waals surface area contributed by atoms with Gasteiger partial charge in [0.25, 0.3) is 11.6 Å². The van der Waals surface area contributed by atoms with E-state index in [9.17, 15) is 14.9 Å². The molecular formula is C15H19BrN2O3. The van der Waals surface area contributed by atoms with Gasteiger partial charge in [0.15, 0.2) is 0 Å². The first-order valence-corrected chi connectivity index (χ1v) is 7.99. The van der Waals surface area contributed by atoms with Gasteiger partial charge in [0, 0.05) is 35.1 Å². The first-order valence-electron chi connectivity index (χ1n) is 7.08. The second-order valence-corrected chi connectivity index (χ2v) is 6.72. The molecule has 1 aliphatic carbocycles. The van der Waals surface area contributed by atoms with Crippen molar-refractivity contribution in [3.8, 4) is 0 Å². The summed E-state index contributed by atoms with van der Waals surface area (Å²) in [7, 11) is 1.78. The van der Waals surface area contributed by atoms with E-state index in [4.69, 9.17) is 0 Å². The van der Waals surface area contributed by atoms with Crippen molar-refractivity contribution in [2.24, 2.45) is 0 Å². The first kappa shape index (κ1) is 15.9. The normalized spacial score (nSPS) is 21.9. The Bertz CT molecular complexity index is 562. The Morgan fingerprint density at radius 1 is 1.38 bits per heavy atom. The second-order valence-electron chi connectivity index (χ2n) is 5.54. The summed E-state index contributed by atoms with van der Waals surface area (Å²) in [6.07, 6.45) is 4.30. The Kier molecular flexibility index (Phi) is 4.98. The summed E-state index contributed by atoms with van der Waals surface area (Å²) in [4.78, 5) is 25.1. The highest BCUT2D eigenvalue weighted by atomic mass is 79.9. The molecule has 6 heteroatoms. The van der Waals surface area contributed by atoms with Crippen LogP contribution in [0.3, 0.4) is 0 Å². The minimum Gasteiger partial charge on any atom is -0.338 e. The van der Waals surface area contributed by atoms with Gasteiger partial charge in [-0.3, -0.25) is 14.9 Å². The van der Waals surface area contributed by atoms with Crippen LogP contribution in [0.5, 0.6) is 0 Å². The van der Waals surface area contributed by atoms with E-state index in [0.717, 1.165) is 19.3 Å². The lowest BCUT2D eigenvalue weighted by atomic mass is 9.94. The fourth-order valence-corrected chi connectivity index (χ4v) is 3.74. The Labute approximate surface area is 132 Å². The molecule has 1 aliphatic rings. The zero-order valence-corrected chi connectivity index (χ0v) is 13.8. The number of halogens is 1. The van der Waals surface area contributed by atoms with E-state index in [-0.39, 0.29) is 17.6 Å². The van der Waals surface area contributed by atoms with Crippen LogP contribution in [-0.2, 0) is 0 Å². The maximum Gasteiger partial charge on any atom is 0.273 e. The molecule has 5 nitrogen and oxygen atoms in total. The van der Waals surface area contributed by atoms with Crippen molar-refractivity contribution in [2.45, 2.75) is 43.5 Å². The Morgan fingerprint density at radius 3 is 2.67 bits per heavy atom. The molecule has 21 heavy (non-hydrogen) atoms. The minimum absolute atomic E-state index is 0.00622. The molecule has 2 rings (SSSR count). The van der Waals surface area contributed by atoms with E-state index >= 15 is 0 Å². The molecule has 0 bridgehead atoms. The number of hydrogen-bond acceptors (Lipinski definition) is 3. The standard InChI is InChI=1S/C15H19BrN2O3/c1-10-7-8-11(9-14(10)18(20)21)15(19)17(2)13-6-4-3-5-12(13)16/h7-9,12-13H,3-6H2,1-2H3. The summed E-state index contributed by atoms with van der Waals surface area (Å²) in [5, 5.41) is 11.0. The Balaban J connectivity index is 2.23. The van der Waals surface area contributed by atoms with Gasteiger partial charge in [-0.2, -0.15) is 0 Å². The maximum atomic E-state index is 12.6. The molecule has 0 radical (unpaired) electrons. The van der Waals surface area contributed by atoms with Crippen molar-refractivity contribution in [3.05, 3.63) is 39.4 Å². The molecule has 1 aromatic rings. The summed E-state index contributed by atoms with van der Waals surface area (Å²) in [5.74, 6) is -0.158. The van der Waals surface area contributed by atoms with Crippen molar-refractivity contribution in [2.75, 3.05) is 7.05 Å². The van der Waals surface area contributed by atoms with Crippen LogP contribution < -0.4 is 0 Å². The molecule has 0 spiro atoms. The number of aryl methyl sites for hydroxylation is 1. The number of amides is 1. The lowest BCUT2D eigenvalue weighted by Gasteiger charge is -2.35. The van der Waals surface area contributed by atoms with Crippen LogP contribution in [0.15, 0.2) is 18.2 Å². The third-order valence-electron chi connectivity index (χ3n) is 4.12. The molecule has 0 aliphatic heterocycles. The molecule has 0 aromatic heterocycles. The number of hydrogen-bond donors (Lipinski definition) is 0. The van der Waals surface area contributed by atoms with Crippen LogP contribution in [-0.4, -0.2) is 33.6 Å². The highest BCUT2D eigenvalue weighted by molar-refractivity contribution is 9.09. The number of benzene rings is 1. The van der Waals surface area contributed by atoms with Gasteiger partial charge in [0.05, 0.1) is 4.92 Å². The molecule has 2 unspecified atom stereocenters. The fourth-order valence-electron chi connectivity index (χ4n) is 2.80. The predicted octanol–water partition coefficient (Wildman–Crippen LogP) is 3.68. The van der Waals surface area contributed by atoms with Gasteiger partial charge in [0.2, 0.25) is 0 Å². The minimum atomic E-state index is -0.444. The van der Waals surface area contributed by atoms with Gasteiger partial charge >= 0.3 is 0 Å². The molecule has 1 aromatic carbocycles. The van der Waals surface area contributed by atoms with Crippen molar-refractivity contribution in [1.29, 1.82) is 0 Å². The van der Waals surface area contributed by atoms with E-state index in [2.05, 4.69) is 15.9 Å². The average Bonchev–Trinajstić information content (AvgIpc) is 2.46. The lowest BCUT2D eigenvalue weighted by molar-refractivity contribution is -0.385. The van der Waals surface area contributed by atoms with Crippen molar-refractivity contribution in [3.63, 3.8) is 0 Å². The van der Waals surface area contributed by atoms with E-state index < -0.39 is 4.92 Å². The van der Waals surface area contributed by atoms with Crippen molar-refractivity contribution < 1.29 is 9.72 Å². The lowest BCUT2D eigenvalue weighted by Crippen LogP contribution is -2.44. The molecule has 1 saturated carbocycles. The zero-order valence-electron chi connectivity index (χ0n) is 12.2. The summed E-state index contributed by atoms with van der Waals surface area (Å²) in [5.41, 5.74) is 0.934. The van der Waals surface area contributed by atoms with Crippen LogP contribution >= 0.6 is 15.9 Å². The maximum absolute atomic E-state index is 12.6. The van der Waals surface area contributed by atoms with Gasteiger partial charge in [-0.1, -0.05) is 34.8 Å². The van der Waals surface area contributed by atoms with Gasteiger partial charge in [-0.15, -0.1) is 0 Å². The van der Waals surface area contributed by atoms with Crippen LogP contribution in [0, 0.1) is 17.0 Å². The molecule has 2 atom stereocenters. The first-order chi connectivity index (χ1) is 9.91. The third-order valence-corrected chi connectivity index (χ3v) is 5.19. The highest BCUT2D eigenvalue weighted by Gasteiger charge is 2.30. The topological polar surface area (TPSA) is 63.5 Å². The fraction of sp³-hybridized carbons (Fsp3) is 0.533. The number of carbonyl (C=O) groups excluding carboxylic acids is 1. The average molecular weight is 355 g/mol. The van der Waals surface area contributed by atoms with Gasteiger partial charge in [0.1, 0.15) is 0 Å². The quantitative estimate of drug-likeness (QED) is 0.472. The summed E-state index contributed by atoms with van der Waals surface area (Å²) in [6, 6.07) is 4.81. The molecule has 1 amide bonds. The predicted molar refractivity (Wildman–Crippen MR) is 84.9 cm³/mol. The van der Waals surface area contributed by atoms with E-state index in [0.29, 0.717) is 16.0 Å². The molecule has 0 heterocycles. The molecule has 114 valence electrons. The monoisotopic (exact) mass is 354 g/mol. The third kappa shape index (κ3) is 3.43. The van der Waals surface area contributed by atoms with Gasteiger partial charge < -0.3 is 4.90 Å².